The highest BCUT2D eigenvalue weighted by molar-refractivity contribution is 6.31. The van der Waals surface area contributed by atoms with Crippen molar-refractivity contribution in [3.05, 3.63) is 47.0 Å². The Morgan fingerprint density at radius 3 is 2.43 bits per heavy atom. The van der Waals surface area contributed by atoms with E-state index >= 15 is 0 Å². The molecular weight excluding hydrogens is 286 g/mol. The predicted octanol–water partition coefficient (Wildman–Crippen LogP) is 4.08. The predicted molar refractivity (Wildman–Crippen MR) is 84.2 cm³/mol. The molecule has 0 unspecified atom stereocenters. The van der Waals surface area contributed by atoms with E-state index in [2.05, 4.69) is 31.0 Å². The van der Waals surface area contributed by atoms with Crippen molar-refractivity contribution >= 4 is 22.6 Å². The van der Waals surface area contributed by atoms with Gasteiger partial charge in [0.1, 0.15) is 22.5 Å². The van der Waals surface area contributed by atoms with Crippen LogP contribution in [0.5, 0.6) is 5.75 Å². The van der Waals surface area contributed by atoms with E-state index in [-0.39, 0.29) is 11.2 Å². The summed E-state index contributed by atoms with van der Waals surface area (Å²) >= 11 is 5.96. The standard InChI is InChI=1S/C16H16ClN3O/c1-16(2,3)10-4-7-15(21)14(8-10)20-18-12-6-5-11(17)9-13(12)19-20/h4-9,21H,1-3H3. The maximum absolute atomic E-state index is 10.1. The molecular formula is C16H16ClN3O. The Labute approximate surface area is 128 Å². The van der Waals surface area contributed by atoms with Crippen LogP contribution in [0.1, 0.15) is 26.3 Å². The minimum absolute atomic E-state index is 0.0155. The number of hydrogen-bond acceptors (Lipinski definition) is 3. The zero-order valence-electron chi connectivity index (χ0n) is 12.1. The molecule has 21 heavy (non-hydrogen) atoms. The molecule has 0 fully saturated rings. The third-order valence-corrected chi connectivity index (χ3v) is 3.63. The van der Waals surface area contributed by atoms with Crippen molar-refractivity contribution in [3.8, 4) is 11.4 Å². The first-order chi connectivity index (χ1) is 9.84. The molecule has 0 saturated heterocycles. The number of hydrogen-bond donors (Lipinski definition) is 1. The van der Waals surface area contributed by atoms with Gasteiger partial charge in [-0.2, -0.15) is 0 Å². The van der Waals surface area contributed by atoms with E-state index in [1.807, 2.05) is 18.2 Å². The Balaban J connectivity index is 2.17. The van der Waals surface area contributed by atoms with E-state index in [1.54, 1.807) is 18.2 Å². The summed E-state index contributed by atoms with van der Waals surface area (Å²) in [6.07, 6.45) is 0. The maximum atomic E-state index is 10.1. The van der Waals surface area contributed by atoms with Crippen LogP contribution in [0.25, 0.3) is 16.7 Å². The van der Waals surface area contributed by atoms with Crippen molar-refractivity contribution in [2.45, 2.75) is 26.2 Å². The van der Waals surface area contributed by atoms with Crippen molar-refractivity contribution in [1.82, 2.24) is 15.0 Å². The fourth-order valence-electron chi connectivity index (χ4n) is 2.15. The minimum Gasteiger partial charge on any atom is -0.506 e. The molecule has 1 aromatic heterocycles. The van der Waals surface area contributed by atoms with Crippen LogP contribution in [-0.4, -0.2) is 20.1 Å². The molecule has 4 nitrogen and oxygen atoms in total. The fraction of sp³-hybridized carbons (Fsp3) is 0.250. The van der Waals surface area contributed by atoms with Crippen LogP contribution in [-0.2, 0) is 5.41 Å². The molecule has 0 amide bonds. The molecule has 0 bridgehead atoms. The molecule has 0 saturated carbocycles. The zero-order chi connectivity index (χ0) is 15.2. The van der Waals surface area contributed by atoms with Gasteiger partial charge in [0, 0.05) is 5.02 Å². The monoisotopic (exact) mass is 301 g/mol. The van der Waals surface area contributed by atoms with Gasteiger partial charge in [-0.3, -0.25) is 0 Å². The summed E-state index contributed by atoms with van der Waals surface area (Å²) in [5.41, 5.74) is 3.09. The average molecular weight is 302 g/mol. The van der Waals surface area contributed by atoms with Crippen LogP contribution in [0.2, 0.25) is 5.02 Å². The minimum atomic E-state index is -0.0155. The van der Waals surface area contributed by atoms with E-state index in [9.17, 15) is 5.11 Å². The summed E-state index contributed by atoms with van der Waals surface area (Å²) in [6.45, 7) is 6.36. The van der Waals surface area contributed by atoms with Crippen LogP contribution in [0.3, 0.4) is 0 Å². The Morgan fingerprint density at radius 1 is 1.00 bits per heavy atom. The number of aromatic nitrogens is 3. The van der Waals surface area contributed by atoms with Gasteiger partial charge in [-0.1, -0.05) is 38.4 Å². The second kappa shape index (κ2) is 4.74. The van der Waals surface area contributed by atoms with Gasteiger partial charge in [0.2, 0.25) is 0 Å². The zero-order valence-corrected chi connectivity index (χ0v) is 12.9. The molecule has 3 aromatic rings. The Hall–Kier alpha value is -2.07. The number of nitrogens with zero attached hydrogens (tertiary/aromatic N) is 3. The first-order valence-corrected chi connectivity index (χ1v) is 7.09. The molecule has 0 atom stereocenters. The van der Waals surface area contributed by atoms with Crippen LogP contribution in [0.4, 0.5) is 0 Å². The van der Waals surface area contributed by atoms with Gasteiger partial charge in [0.15, 0.2) is 0 Å². The highest BCUT2D eigenvalue weighted by Crippen LogP contribution is 2.29. The Kier molecular flexibility index (Phi) is 3.14. The lowest BCUT2D eigenvalue weighted by Crippen LogP contribution is -2.12. The molecule has 5 heteroatoms. The highest BCUT2D eigenvalue weighted by Gasteiger charge is 2.17. The highest BCUT2D eigenvalue weighted by atomic mass is 35.5. The third-order valence-electron chi connectivity index (χ3n) is 3.40. The largest absolute Gasteiger partial charge is 0.506 e. The van der Waals surface area contributed by atoms with Crippen LogP contribution in [0, 0.1) is 0 Å². The second-order valence-corrected chi connectivity index (χ2v) is 6.51. The van der Waals surface area contributed by atoms with Gasteiger partial charge in [0.05, 0.1) is 0 Å². The summed E-state index contributed by atoms with van der Waals surface area (Å²) in [6, 6.07) is 10.8. The first-order valence-electron chi connectivity index (χ1n) is 6.71. The molecule has 0 aliphatic heterocycles. The van der Waals surface area contributed by atoms with Crippen LogP contribution in [0.15, 0.2) is 36.4 Å². The molecule has 0 aliphatic rings. The molecule has 0 spiro atoms. The number of rotatable bonds is 1. The van der Waals surface area contributed by atoms with Gasteiger partial charge in [0.25, 0.3) is 0 Å². The fourth-order valence-corrected chi connectivity index (χ4v) is 2.31. The molecule has 3 rings (SSSR count). The van der Waals surface area contributed by atoms with E-state index in [0.717, 1.165) is 11.1 Å². The lowest BCUT2D eigenvalue weighted by molar-refractivity contribution is 0.466. The first kappa shape index (κ1) is 13.9. The van der Waals surface area contributed by atoms with Gasteiger partial charge in [-0.25, -0.2) is 0 Å². The quantitative estimate of drug-likeness (QED) is 0.737. The SMILES string of the molecule is CC(C)(C)c1ccc(O)c(-n2nc3ccc(Cl)cc3n2)c1. The lowest BCUT2D eigenvalue weighted by Gasteiger charge is -2.19. The van der Waals surface area contributed by atoms with E-state index in [1.165, 1.54) is 4.80 Å². The normalized spacial score (nSPS) is 12.0. The van der Waals surface area contributed by atoms with E-state index in [0.29, 0.717) is 16.2 Å². The van der Waals surface area contributed by atoms with Gasteiger partial charge < -0.3 is 5.11 Å². The van der Waals surface area contributed by atoms with Crippen molar-refractivity contribution < 1.29 is 5.11 Å². The van der Waals surface area contributed by atoms with Crippen molar-refractivity contribution in [3.63, 3.8) is 0 Å². The second-order valence-electron chi connectivity index (χ2n) is 6.08. The third kappa shape index (κ3) is 2.59. The Morgan fingerprint density at radius 2 is 1.71 bits per heavy atom. The molecule has 0 aliphatic carbocycles. The van der Waals surface area contributed by atoms with Gasteiger partial charge in [-0.05, 0) is 41.3 Å². The maximum Gasteiger partial charge on any atom is 0.143 e. The molecule has 2 aromatic carbocycles. The summed E-state index contributed by atoms with van der Waals surface area (Å²) in [5, 5.41) is 19.5. The molecule has 108 valence electrons. The van der Waals surface area contributed by atoms with Gasteiger partial charge >= 0.3 is 0 Å². The number of fused-ring (bicyclic) bond motifs is 1. The van der Waals surface area contributed by atoms with Crippen molar-refractivity contribution in [1.29, 1.82) is 0 Å². The van der Waals surface area contributed by atoms with Gasteiger partial charge in [-0.15, -0.1) is 15.0 Å². The topological polar surface area (TPSA) is 50.9 Å². The molecule has 1 N–H and O–H groups in total. The average Bonchev–Trinajstić information content (AvgIpc) is 2.80. The summed E-state index contributed by atoms with van der Waals surface area (Å²) < 4.78 is 0. The van der Waals surface area contributed by atoms with Crippen molar-refractivity contribution in [2.75, 3.05) is 0 Å². The summed E-state index contributed by atoms with van der Waals surface area (Å²) in [4.78, 5) is 1.45. The summed E-state index contributed by atoms with van der Waals surface area (Å²) in [5.74, 6) is 0.148. The number of halogens is 1. The van der Waals surface area contributed by atoms with Crippen molar-refractivity contribution in [2.24, 2.45) is 0 Å². The van der Waals surface area contributed by atoms with E-state index in [4.69, 9.17) is 11.6 Å². The smallest absolute Gasteiger partial charge is 0.143 e. The summed E-state index contributed by atoms with van der Waals surface area (Å²) in [7, 11) is 0. The van der Waals surface area contributed by atoms with Crippen LogP contribution < -0.4 is 0 Å². The van der Waals surface area contributed by atoms with Crippen LogP contribution >= 0.6 is 11.6 Å². The number of phenolic OH excluding ortho intramolecular Hbond substituents is 1. The number of phenols is 1. The number of benzene rings is 2. The van der Waals surface area contributed by atoms with E-state index < -0.39 is 0 Å². The number of aromatic hydroxyl groups is 1. The molecule has 0 radical (unpaired) electrons. The Bertz CT molecular complexity index is 818. The lowest BCUT2D eigenvalue weighted by atomic mass is 9.87. The molecule has 1 heterocycles.